The first-order valence-electron chi connectivity index (χ1n) is 11.7. The van der Waals surface area contributed by atoms with E-state index in [4.69, 9.17) is 4.74 Å². The molecule has 0 aromatic rings. The van der Waals surface area contributed by atoms with Gasteiger partial charge in [0.2, 0.25) is 0 Å². The molecule has 2 rings (SSSR count). The van der Waals surface area contributed by atoms with Gasteiger partial charge in [0.15, 0.2) is 6.23 Å². The summed E-state index contributed by atoms with van der Waals surface area (Å²) in [7, 11) is 0. The van der Waals surface area contributed by atoms with Crippen LogP contribution in [0, 0.1) is 0 Å². The molecule has 4 nitrogen and oxygen atoms in total. The number of hydrogen-bond acceptors (Lipinski definition) is 3. The Kier molecular flexibility index (Phi) is 10.5. The zero-order chi connectivity index (χ0) is 18.7. The van der Waals surface area contributed by atoms with Crippen LogP contribution in [0.5, 0.6) is 0 Å². The number of nitrogens with zero attached hydrogens (tertiary/aromatic N) is 2. The standard InChI is InChI=1S/C22H46N3O/c1-4-7-8-9-12-17-25-18-13-10-15-21(25)20-22(23-25)26-19-14-11-16-24(5-2)6-3/h21-23H,4-20H2,1-3H3/q+1. The summed E-state index contributed by atoms with van der Waals surface area (Å²) in [4.78, 5) is 2.51. The van der Waals surface area contributed by atoms with Crippen LogP contribution in [0.25, 0.3) is 0 Å². The van der Waals surface area contributed by atoms with Crippen molar-refractivity contribution >= 4 is 0 Å². The summed E-state index contributed by atoms with van der Waals surface area (Å²) in [6.07, 6.45) is 15.1. The third kappa shape index (κ3) is 6.78. The van der Waals surface area contributed by atoms with E-state index in [-0.39, 0.29) is 0 Å². The summed E-state index contributed by atoms with van der Waals surface area (Å²) < 4.78 is 7.43. The normalized spacial score (nSPS) is 28.6. The van der Waals surface area contributed by atoms with Crippen LogP contribution in [0.4, 0.5) is 0 Å². The fourth-order valence-corrected chi connectivity index (χ4v) is 4.94. The Labute approximate surface area is 163 Å². The molecule has 0 spiro atoms. The maximum absolute atomic E-state index is 6.27. The minimum absolute atomic E-state index is 0.294. The lowest BCUT2D eigenvalue weighted by Gasteiger charge is -2.42. The lowest BCUT2D eigenvalue weighted by atomic mass is 9.99. The van der Waals surface area contributed by atoms with Crippen molar-refractivity contribution in [2.45, 2.75) is 104 Å². The predicted octanol–water partition coefficient (Wildman–Crippen LogP) is 4.70. The summed E-state index contributed by atoms with van der Waals surface area (Å²) in [5, 5.41) is 0. The molecule has 2 saturated heterocycles. The van der Waals surface area contributed by atoms with Crippen molar-refractivity contribution in [2.24, 2.45) is 0 Å². The molecule has 0 radical (unpaired) electrons. The van der Waals surface area contributed by atoms with Crippen LogP contribution in [-0.4, -0.2) is 61.1 Å². The molecule has 3 unspecified atom stereocenters. The van der Waals surface area contributed by atoms with Gasteiger partial charge in [0, 0.05) is 19.4 Å². The van der Waals surface area contributed by atoms with Crippen LogP contribution < -0.4 is 5.43 Å². The van der Waals surface area contributed by atoms with E-state index in [0.717, 1.165) is 17.2 Å². The van der Waals surface area contributed by atoms with Gasteiger partial charge in [-0.3, -0.25) is 0 Å². The minimum Gasteiger partial charge on any atom is -0.358 e. The Hall–Kier alpha value is -0.160. The van der Waals surface area contributed by atoms with Crippen LogP contribution in [0.2, 0.25) is 0 Å². The highest BCUT2D eigenvalue weighted by Gasteiger charge is 2.48. The van der Waals surface area contributed by atoms with Crippen LogP contribution in [0.3, 0.4) is 0 Å². The van der Waals surface area contributed by atoms with Gasteiger partial charge in [-0.2, -0.15) is 0 Å². The molecule has 2 fully saturated rings. The van der Waals surface area contributed by atoms with Crippen molar-refractivity contribution in [1.82, 2.24) is 10.3 Å². The zero-order valence-electron chi connectivity index (χ0n) is 18.0. The summed E-state index contributed by atoms with van der Waals surface area (Å²) >= 11 is 0. The highest BCUT2D eigenvalue weighted by atomic mass is 16.5. The highest BCUT2D eigenvalue weighted by molar-refractivity contribution is 4.75. The van der Waals surface area contributed by atoms with Gasteiger partial charge >= 0.3 is 0 Å². The molecule has 1 N–H and O–H groups in total. The predicted molar refractivity (Wildman–Crippen MR) is 111 cm³/mol. The largest absolute Gasteiger partial charge is 0.358 e. The minimum atomic E-state index is 0.294. The van der Waals surface area contributed by atoms with Crippen molar-refractivity contribution < 1.29 is 9.33 Å². The van der Waals surface area contributed by atoms with Crippen LogP contribution in [-0.2, 0) is 4.74 Å². The summed E-state index contributed by atoms with van der Waals surface area (Å²) in [6, 6.07) is 0.801. The number of ether oxygens (including phenoxy) is 1. The number of rotatable bonds is 14. The SMILES string of the molecule is CCCCCCC[N+]12CCCCC1CC(OCCCCN(CC)CC)N2. The van der Waals surface area contributed by atoms with Crippen molar-refractivity contribution in [3.63, 3.8) is 0 Å². The first kappa shape index (κ1) is 22.1. The molecule has 0 bridgehead atoms. The molecule has 2 heterocycles. The van der Waals surface area contributed by atoms with Crippen LogP contribution >= 0.6 is 0 Å². The average molecular weight is 369 g/mol. The highest BCUT2D eigenvalue weighted by Crippen LogP contribution is 2.33. The van der Waals surface area contributed by atoms with E-state index in [1.807, 2.05) is 0 Å². The Balaban J connectivity index is 1.68. The Morgan fingerprint density at radius 3 is 2.54 bits per heavy atom. The zero-order valence-corrected chi connectivity index (χ0v) is 18.0. The molecular formula is C22H46N3O+. The third-order valence-corrected chi connectivity index (χ3v) is 6.67. The number of piperidine rings is 1. The lowest BCUT2D eigenvalue weighted by molar-refractivity contribution is -0.985. The second-order valence-electron chi connectivity index (χ2n) is 8.50. The lowest BCUT2D eigenvalue weighted by Crippen LogP contribution is -2.62. The van der Waals surface area contributed by atoms with E-state index in [1.165, 1.54) is 103 Å². The Morgan fingerprint density at radius 2 is 1.77 bits per heavy atom. The van der Waals surface area contributed by atoms with Crippen molar-refractivity contribution in [2.75, 3.05) is 39.3 Å². The van der Waals surface area contributed by atoms with Gasteiger partial charge in [0.05, 0.1) is 13.1 Å². The molecule has 2 aliphatic rings. The Bertz CT molecular complexity index is 361. The summed E-state index contributed by atoms with van der Waals surface area (Å²) in [6.45, 7) is 13.9. The molecule has 0 saturated carbocycles. The molecular weight excluding hydrogens is 322 g/mol. The van der Waals surface area contributed by atoms with Crippen molar-refractivity contribution in [3.05, 3.63) is 0 Å². The van der Waals surface area contributed by atoms with E-state index >= 15 is 0 Å². The number of fused-ring (bicyclic) bond motifs is 1. The third-order valence-electron chi connectivity index (χ3n) is 6.67. The van der Waals surface area contributed by atoms with Crippen molar-refractivity contribution in [1.29, 1.82) is 0 Å². The fourth-order valence-electron chi connectivity index (χ4n) is 4.94. The molecule has 0 aromatic heterocycles. The second kappa shape index (κ2) is 12.3. The second-order valence-corrected chi connectivity index (χ2v) is 8.50. The van der Waals surface area contributed by atoms with E-state index < -0.39 is 0 Å². The number of hydrogen-bond donors (Lipinski definition) is 1. The number of nitrogens with one attached hydrogen (secondary N) is 1. The molecule has 0 aliphatic carbocycles. The average Bonchev–Trinajstić information content (AvgIpc) is 3.03. The van der Waals surface area contributed by atoms with Gasteiger partial charge in [0.1, 0.15) is 6.04 Å². The van der Waals surface area contributed by atoms with E-state index in [2.05, 4.69) is 31.1 Å². The Morgan fingerprint density at radius 1 is 0.962 bits per heavy atom. The van der Waals surface area contributed by atoms with Gasteiger partial charge in [0.25, 0.3) is 0 Å². The quantitative estimate of drug-likeness (QED) is 0.355. The van der Waals surface area contributed by atoms with E-state index in [9.17, 15) is 0 Å². The number of quaternary nitrogens is 1. The van der Waals surface area contributed by atoms with Crippen LogP contribution in [0.1, 0.15) is 91.4 Å². The van der Waals surface area contributed by atoms with Gasteiger partial charge < -0.3 is 9.64 Å². The molecule has 0 amide bonds. The molecule has 2 aliphatic heterocycles. The van der Waals surface area contributed by atoms with Crippen molar-refractivity contribution in [3.8, 4) is 0 Å². The number of unbranched alkanes of at least 4 members (excludes halogenated alkanes) is 5. The first-order chi connectivity index (χ1) is 12.7. The van der Waals surface area contributed by atoms with Gasteiger partial charge in [-0.25, -0.2) is 4.59 Å². The molecule has 4 heteroatoms. The first-order valence-corrected chi connectivity index (χ1v) is 11.7. The van der Waals surface area contributed by atoms with E-state index in [1.54, 1.807) is 0 Å². The maximum atomic E-state index is 6.27. The van der Waals surface area contributed by atoms with E-state index in [0.29, 0.717) is 6.23 Å². The maximum Gasteiger partial charge on any atom is 0.158 e. The van der Waals surface area contributed by atoms with Gasteiger partial charge in [-0.15, -0.1) is 5.43 Å². The smallest absolute Gasteiger partial charge is 0.158 e. The topological polar surface area (TPSA) is 24.5 Å². The molecule has 26 heavy (non-hydrogen) atoms. The van der Waals surface area contributed by atoms with Crippen LogP contribution in [0.15, 0.2) is 0 Å². The summed E-state index contributed by atoms with van der Waals surface area (Å²) in [5.74, 6) is 0. The molecule has 3 atom stereocenters. The fraction of sp³-hybridized carbons (Fsp3) is 1.00. The molecule has 0 aromatic carbocycles. The summed E-state index contributed by atoms with van der Waals surface area (Å²) in [5.41, 5.74) is 3.92. The van der Waals surface area contributed by atoms with Gasteiger partial charge in [-0.05, 0) is 58.2 Å². The molecule has 154 valence electrons. The monoisotopic (exact) mass is 368 g/mol. The van der Waals surface area contributed by atoms with Gasteiger partial charge in [-0.1, -0.05) is 40.0 Å².